The highest BCUT2D eigenvalue weighted by Gasteiger charge is 2.32. The number of hydrogen-bond acceptors (Lipinski definition) is 5. The Balaban J connectivity index is 1.36. The smallest absolute Gasteiger partial charge is 0.373 e. The van der Waals surface area contributed by atoms with Gasteiger partial charge in [0, 0.05) is 40.9 Å². The third kappa shape index (κ3) is 4.40. The van der Waals surface area contributed by atoms with Crippen molar-refractivity contribution in [3.8, 4) is 11.3 Å². The minimum absolute atomic E-state index is 0.0398. The average molecular weight is 480 g/mol. The number of hydrogen-bond donors (Lipinski definition) is 0. The quantitative estimate of drug-likeness (QED) is 0.349. The van der Waals surface area contributed by atoms with Crippen molar-refractivity contribution in [1.29, 1.82) is 0 Å². The Morgan fingerprint density at radius 2 is 1.77 bits per heavy atom. The molecule has 6 rings (SSSR count). The topological polar surface area (TPSA) is 65.7 Å². The predicted molar refractivity (Wildman–Crippen MR) is 124 cm³/mol. The molecule has 2 fully saturated rings. The van der Waals surface area contributed by atoms with E-state index in [9.17, 15) is 13.2 Å². The van der Waals surface area contributed by atoms with Crippen LogP contribution in [-0.4, -0.2) is 31.3 Å². The SMILES string of the molecule is Cc1ccc2c(-c3ccc(C(F)(F)F)cc3)nc([C@H]3CCO[C@H](c4cnn(C5CC5)c4)C3)nc2n1. The van der Waals surface area contributed by atoms with Crippen LogP contribution in [0.1, 0.15) is 66.4 Å². The fourth-order valence-electron chi connectivity index (χ4n) is 4.66. The molecule has 0 radical (unpaired) electrons. The first-order valence-corrected chi connectivity index (χ1v) is 11.8. The van der Waals surface area contributed by atoms with Crippen LogP contribution in [0.4, 0.5) is 13.2 Å². The molecule has 9 heteroatoms. The Morgan fingerprint density at radius 3 is 2.51 bits per heavy atom. The first kappa shape index (κ1) is 22.2. The van der Waals surface area contributed by atoms with Gasteiger partial charge >= 0.3 is 6.18 Å². The lowest BCUT2D eigenvalue weighted by molar-refractivity contribution is -0.137. The van der Waals surface area contributed by atoms with Gasteiger partial charge in [0.05, 0.1) is 29.6 Å². The van der Waals surface area contributed by atoms with Crippen LogP contribution in [0.5, 0.6) is 0 Å². The second-order valence-electron chi connectivity index (χ2n) is 9.39. The van der Waals surface area contributed by atoms with Crippen molar-refractivity contribution >= 4 is 11.0 Å². The van der Waals surface area contributed by atoms with Crippen molar-refractivity contribution in [2.24, 2.45) is 0 Å². The van der Waals surface area contributed by atoms with Crippen molar-refractivity contribution in [3.05, 3.63) is 71.4 Å². The van der Waals surface area contributed by atoms with Crippen LogP contribution in [-0.2, 0) is 10.9 Å². The molecule has 0 N–H and O–H groups in total. The summed E-state index contributed by atoms with van der Waals surface area (Å²) in [5.74, 6) is 0.686. The van der Waals surface area contributed by atoms with E-state index >= 15 is 0 Å². The zero-order valence-electron chi connectivity index (χ0n) is 19.2. The van der Waals surface area contributed by atoms with Crippen molar-refractivity contribution < 1.29 is 17.9 Å². The molecule has 4 heterocycles. The molecule has 6 nitrogen and oxygen atoms in total. The van der Waals surface area contributed by atoms with Gasteiger partial charge in [0.15, 0.2) is 5.65 Å². The number of ether oxygens (including phenoxy) is 1. The van der Waals surface area contributed by atoms with Crippen LogP contribution in [0, 0.1) is 6.92 Å². The van der Waals surface area contributed by atoms with Gasteiger partial charge in [0.2, 0.25) is 0 Å². The van der Waals surface area contributed by atoms with Gasteiger partial charge in [-0.05, 0) is 56.9 Å². The summed E-state index contributed by atoms with van der Waals surface area (Å²) in [6.45, 7) is 2.46. The van der Waals surface area contributed by atoms with Crippen LogP contribution < -0.4 is 0 Å². The molecule has 1 aliphatic heterocycles. The number of nitrogens with zero attached hydrogens (tertiary/aromatic N) is 5. The van der Waals surface area contributed by atoms with E-state index < -0.39 is 11.7 Å². The zero-order chi connectivity index (χ0) is 24.2. The second kappa shape index (κ2) is 8.41. The number of halogens is 3. The molecular formula is C26H24F3N5O. The van der Waals surface area contributed by atoms with E-state index in [1.54, 1.807) is 0 Å². The van der Waals surface area contributed by atoms with Crippen LogP contribution >= 0.6 is 0 Å². The lowest BCUT2D eigenvalue weighted by Gasteiger charge is -2.28. The molecule has 1 saturated carbocycles. The zero-order valence-corrected chi connectivity index (χ0v) is 19.2. The first-order valence-electron chi connectivity index (χ1n) is 11.8. The Labute approximate surface area is 200 Å². The van der Waals surface area contributed by atoms with Gasteiger partial charge < -0.3 is 4.74 Å². The highest BCUT2D eigenvalue weighted by Crippen LogP contribution is 2.40. The molecule has 180 valence electrons. The Bertz CT molecular complexity index is 1380. The third-order valence-corrected chi connectivity index (χ3v) is 6.77. The summed E-state index contributed by atoms with van der Waals surface area (Å²) in [5, 5.41) is 5.21. The maximum Gasteiger partial charge on any atom is 0.416 e. The number of pyridine rings is 1. The van der Waals surface area contributed by atoms with Crippen LogP contribution in [0.2, 0.25) is 0 Å². The maximum atomic E-state index is 13.1. The molecule has 0 unspecified atom stereocenters. The van der Waals surface area contributed by atoms with E-state index in [0.717, 1.165) is 29.8 Å². The summed E-state index contributed by atoms with van der Waals surface area (Å²) in [4.78, 5) is 14.3. The molecule has 4 aromatic rings. The second-order valence-corrected chi connectivity index (χ2v) is 9.39. The minimum atomic E-state index is -4.39. The van der Waals surface area contributed by atoms with E-state index in [2.05, 4.69) is 16.3 Å². The van der Waals surface area contributed by atoms with E-state index in [1.165, 1.54) is 25.0 Å². The number of aryl methyl sites for hydroxylation is 1. The van der Waals surface area contributed by atoms with Gasteiger partial charge in [0.1, 0.15) is 5.82 Å². The average Bonchev–Trinajstić information content (AvgIpc) is 3.59. The molecule has 0 bridgehead atoms. The molecule has 2 atom stereocenters. The predicted octanol–water partition coefficient (Wildman–Crippen LogP) is 6.19. The lowest BCUT2D eigenvalue weighted by atomic mass is 9.92. The summed E-state index contributed by atoms with van der Waals surface area (Å²) in [6, 6.07) is 9.36. The van der Waals surface area contributed by atoms with Crippen molar-refractivity contribution in [2.45, 2.75) is 56.8 Å². The van der Waals surface area contributed by atoms with E-state index in [1.807, 2.05) is 29.9 Å². The van der Waals surface area contributed by atoms with E-state index in [-0.39, 0.29) is 12.0 Å². The van der Waals surface area contributed by atoms with Gasteiger partial charge in [-0.3, -0.25) is 4.68 Å². The molecule has 1 saturated heterocycles. The molecule has 1 aliphatic carbocycles. The molecule has 35 heavy (non-hydrogen) atoms. The molecular weight excluding hydrogens is 455 g/mol. The molecule has 0 spiro atoms. The van der Waals surface area contributed by atoms with Crippen LogP contribution in [0.15, 0.2) is 48.8 Å². The molecule has 0 amide bonds. The lowest BCUT2D eigenvalue weighted by Crippen LogP contribution is -2.20. The monoisotopic (exact) mass is 479 g/mol. The summed E-state index contributed by atoms with van der Waals surface area (Å²) in [5.41, 5.74) is 2.93. The summed E-state index contributed by atoms with van der Waals surface area (Å²) in [7, 11) is 0. The standard InChI is InChI=1S/C26H24F3N5O/c1-15-2-9-21-23(16-3-5-19(6-4-16)26(27,28)29)32-24(33-25(21)31-15)17-10-11-35-22(12-17)18-13-30-34(14-18)20-7-8-20/h2-6,9,13-14,17,20,22H,7-8,10-12H2,1H3/t17-,22-/m0/s1. The molecule has 3 aromatic heterocycles. The van der Waals surface area contributed by atoms with Gasteiger partial charge in [-0.25, -0.2) is 15.0 Å². The van der Waals surface area contributed by atoms with Crippen molar-refractivity contribution in [2.75, 3.05) is 6.61 Å². The van der Waals surface area contributed by atoms with Gasteiger partial charge in [-0.2, -0.15) is 18.3 Å². The Hall–Kier alpha value is -3.33. The fraction of sp³-hybridized carbons (Fsp3) is 0.385. The normalized spacial score (nSPS) is 20.9. The Kier molecular flexibility index (Phi) is 5.32. The third-order valence-electron chi connectivity index (χ3n) is 6.77. The number of fused-ring (bicyclic) bond motifs is 1. The number of rotatable bonds is 4. The maximum absolute atomic E-state index is 13.1. The first-order chi connectivity index (χ1) is 16.8. The minimum Gasteiger partial charge on any atom is -0.373 e. The van der Waals surface area contributed by atoms with Crippen LogP contribution in [0.3, 0.4) is 0 Å². The number of alkyl halides is 3. The largest absolute Gasteiger partial charge is 0.416 e. The van der Waals surface area contributed by atoms with Crippen molar-refractivity contribution in [1.82, 2.24) is 24.7 Å². The van der Waals surface area contributed by atoms with Crippen molar-refractivity contribution in [3.63, 3.8) is 0 Å². The van der Waals surface area contributed by atoms with Gasteiger partial charge in [-0.15, -0.1) is 0 Å². The van der Waals surface area contributed by atoms with E-state index in [0.29, 0.717) is 47.2 Å². The number of aromatic nitrogens is 5. The van der Waals surface area contributed by atoms with E-state index in [4.69, 9.17) is 14.7 Å². The highest BCUT2D eigenvalue weighted by molar-refractivity contribution is 5.90. The fourth-order valence-corrected chi connectivity index (χ4v) is 4.66. The highest BCUT2D eigenvalue weighted by atomic mass is 19.4. The molecule has 1 aromatic carbocycles. The van der Waals surface area contributed by atoms with Crippen LogP contribution in [0.25, 0.3) is 22.3 Å². The van der Waals surface area contributed by atoms with Gasteiger partial charge in [0.25, 0.3) is 0 Å². The summed E-state index contributed by atoms with van der Waals surface area (Å²) >= 11 is 0. The summed E-state index contributed by atoms with van der Waals surface area (Å²) < 4.78 is 47.4. The summed E-state index contributed by atoms with van der Waals surface area (Å²) in [6.07, 6.45) is 3.27. The number of benzene rings is 1. The molecule has 2 aliphatic rings. The Morgan fingerprint density at radius 1 is 0.971 bits per heavy atom. The van der Waals surface area contributed by atoms with Gasteiger partial charge in [-0.1, -0.05) is 12.1 Å².